The summed E-state index contributed by atoms with van der Waals surface area (Å²) in [5.74, 6) is -0.369. The Labute approximate surface area is 162 Å². The van der Waals surface area contributed by atoms with Crippen molar-refractivity contribution in [1.29, 1.82) is 0 Å². The Morgan fingerprint density at radius 3 is 2.64 bits per heavy atom. The van der Waals surface area contributed by atoms with Crippen LogP contribution in [0.4, 0.5) is 0 Å². The molecule has 3 N–H and O–H groups in total. The van der Waals surface area contributed by atoms with E-state index in [4.69, 9.17) is 0 Å². The zero-order chi connectivity index (χ0) is 17.6. The van der Waals surface area contributed by atoms with Crippen molar-refractivity contribution in [2.45, 2.75) is 31.3 Å². The standard InChI is InChI=1S/C15H21N3O3S3.ClH/c1-3-16-11(2)9-17-15(19)14-13(6-8-23-14)24(20,21)18-10-12-5-4-7-22-12;/h4-8,11,16,18H,3,9-10H2,1-2H3,(H,17,19);1H/t11-;/m1./s1. The molecule has 2 rings (SSSR count). The quantitative estimate of drug-likeness (QED) is 0.578. The average Bonchev–Trinajstić information content (AvgIpc) is 3.22. The predicted molar refractivity (Wildman–Crippen MR) is 105 cm³/mol. The van der Waals surface area contributed by atoms with Crippen molar-refractivity contribution >= 4 is 51.0 Å². The van der Waals surface area contributed by atoms with Gasteiger partial charge >= 0.3 is 0 Å². The van der Waals surface area contributed by atoms with Crippen molar-refractivity contribution in [3.05, 3.63) is 38.7 Å². The maximum atomic E-state index is 12.5. The molecule has 0 fully saturated rings. The van der Waals surface area contributed by atoms with Gasteiger partial charge in [-0.15, -0.1) is 35.1 Å². The van der Waals surface area contributed by atoms with Crippen molar-refractivity contribution in [2.75, 3.05) is 13.1 Å². The van der Waals surface area contributed by atoms with Gasteiger partial charge in [0.1, 0.15) is 9.77 Å². The molecule has 0 saturated heterocycles. The van der Waals surface area contributed by atoms with Gasteiger partial charge in [-0.25, -0.2) is 13.1 Å². The first kappa shape index (κ1) is 22.1. The van der Waals surface area contributed by atoms with Crippen LogP contribution in [0.1, 0.15) is 28.4 Å². The largest absolute Gasteiger partial charge is 0.350 e. The van der Waals surface area contributed by atoms with Crippen LogP contribution in [-0.4, -0.2) is 33.5 Å². The molecule has 0 spiro atoms. The number of thiophene rings is 2. The van der Waals surface area contributed by atoms with E-state index in [-0.39, 0.29) is 40.7 Å². The average molecular weight is 424 g/mol. The molecule has 2 aromatic rings. The number of nitrogens with one attached hydrogen (secondary N) is 3. The van der Waals surface area contributed by atoms with Gasteiger partial charge in [-0.3, -0.25) is 4.79 Å². The SMILES string of the molecule is CCN[C@H](C)CNC(=O)c1sccc1S(=O)(=O)NCc1cccs1.Cl. The van der Waals surface area contributed by atoms with Crippen molar-refractivity contribution in [3.8, 4) is 0 Å². The maximum absolute atomic E-state index is 12.5. The molecule has 0 saturated carbocycles. The summed E-state index contributed by atoms with van der Waals surface area (Å²) in [6, 6.07) is 5.31. The summed E-state index contributed by atoms with van der Waals surface area (Å²) in [6.45, 7) is 5.41. The second-order valence-corrected chi connectivity index (χ2v) is 8.87. The molecular formula is C15H22ClN3O3S3. The van der Waals surface area contributed by atoms with Crippen LogP contribution in [0.15, 0.2) is 33.9 Å². The summed E-state index contributed by atoms with van der Waals surface area (Å²) in [7, 11) is -3.73. The van der Waals surface area contributed by atoms with E-state index in [0.29, 0.717) is 6.54 Å². The number of hydrogen-bond acceptors (Lipinski definition) is 6. The zero-order valence-corrected chi connectivity index (χ0v) is 17.2. The zero-order valence-electron chi connectivity index (χ0n) is 13.9. The van der Waals surface area contributed by atoms with Crippen LogP contribution < -0.4 is 15.4 Å². The number of halogens is 1. The van der Waals surface area contributed by atoms with Crippen LogP contribution >= 0.6 is 35.1 Å². The smallest absolute Gasteiger partial charge is 0.262 e. The third kappa shape index (κ3) is 6.36. The van der Waals surface area contributed by atoms with Gasteiger partial charge in [-0.2, -0.15) is 0 Å². The van der Waals surface area contributed by atoms with Crippen molar-refractivity contribution in [3.63, 3.8) is 0 Å². The second-order valence-electron chi connectivity index (χ2n) is 5.19. The normalized spacial score (nSPS) is 12.4. The van der Waals surface area contributed by atoms with E-state index in [0.717, 1.165) is 22.8 Å². The minimum atomic E-state index is -3.73. The Bertz CT molecular complexity index is 760. The fourth-order valence-corrected chi connectivity index (χ4v) is 5.16. The van der Waals surface area contributed by atoms with E-state index < -0.39 is 10.0 Å². The molecule has 10 heteroatoms. The summed E-state index contributed by atoms with van der Waals surface area (Å²) in [5, 5.41) is 9.46. The van der Waals surface area contributed by atoms with Crippen LogP contribution in [0.3, 0.4) is 0 Å². The van der Waals surface area contributed by atoms with E-state index in [1.807, 2.05) is 31.4 Å². The maximum Gasteiger partial charge on any atom is 0.262 e. The van der Waals surface area contributed by atoms with Gasteiger partial charge in [0.25, 0.3) is 5.91 Å². The van der Waals surface area contributed by atoms with Gasteiger partial charge in [0, 0.05) is 24.0 Å². The fourth-order valence-electron chi connectivity index (χ4n) is 2.08. The van der Waals surface area contributed by atoms with E-state index >= 15 is 0 Å². The molecule has 1 atom stereocenters. The van der Waals surface area contributed by atoms with E-state index in [2.05, 4.69) is 15.4 Å². The molecule has 140 valence electrons. The van der Waals surface area contributed by atoms with Gasteiger partial charge in [0.05, 0.1) is 0 Å². The Hall–Kier alpha value is -0.970. The molecule has 0 unspecified atom stereocenters. The molecular weight excluding hydrogens is 402 g/mol. The lowest BCUT2D eigenvalue weighted by Crippen LogP contribution is -2.39. The molecule has 0 bridgehead atoms. The number of sulfonamides is 1. The summed E-state index contributed by atoms with van der Waals surface area (Å²) in [5.41, 5.74) is 0. The number of carbonyl (C=O) groups is 1. The molecule has 0 radical (unpaired) electrons. The monoisotopic (exact) mass is 423 g/mol. The summed E-state index contributed by atoms with van der Waals surface area (Å²) < 4.78 is 27.5. The van der Waals surface area contributed by atoms with Gasteiger partial charge in [-0.05, 0) is 36.4 Å². The lowest BCUT2D eigenvalue weighted by molar-refractivity contribution is 0.0951. The first-order valence-corrected chi connectivity index (χ1v) is 10.8. The number of carbonyl (C=O) groups excluding carboxylic acids is 1. The first-order chi connectivity index (χ1) is 11.4. The minimum absolute atomic E-state index is 0. The molecule has 6 nitrogen and oxygen atoms in total. The fraction of sp³-hybridized carbons (Fsp3) is 0.400. The molecule has 2 aromatic heterocycles. The highest BCUT2D eigenvalue weighted by Gasteiger charge is 2.24. The number of rotatable bonds is 9. The summed E-state index contributed by atoms with van der Waals surface area (Å²) in [6.07, 6.45) is 0. The van der Waals surface area contributed by atoms with E-state index in [1.165, 1.54) is 17.4 Å². The van der Waals surface area contributed by atoms with Crippen LogP contribution in [0.2, 0.25) is 0 Å². The topological polar surface area (TPSA) is 87.3 Å². The highest BCUT2D eigenvalue weighted by Crippen LogP contribution is 2.22. The molecule has 2 heterocycles. The molecule has 1 amide bonds. The van der Waals surface area contributed by atoms with Crippen LogP contribution in [0, 0.1) is 0 Å². The Balaban J connectivity index is 0.00000312. The molecule has 0 aliphatic heterocycles. The lowest BCUT2D eigenvalue weighted by atomic mass is 10.3. The van der Waals surface area contributed by atoms with Crippen LogP contribution in [0.25, 0.3) is 0 Å². The number of likely N-dealkylation sites (N-methyl/N-ethyl adjacent to an activating group) is 1. The lowest BCUT2D eigenvalue weighted by Gasteiger charge is -2.13. The predicted octanol–water partition coefficient (Wildman–Crippen LogP) is 2.44. The first-order valence-electron chi connectivity index (χ1n) is 7.55. The van der Waals surface area contributed by atoms with Crippen LogP contribution in [-0.2, 0) is 16.6 Å². The van der Waals surface area contributed by atoms with E-state index in [1.54, 1.807) is 5.38 Å². The Kier molecular flexibility index (Phi) is 9.04. The third-order valence-electron chi connectivity index (χ3n) is 3.26. The van der Waals surface area contributed by atoms with Crippen molar-refractivity contribution < 1.29 is 13.2 Å². The minimum Gasteiger partial charge on any atom is -0.350 e. The van der Waals surface area contributed by atoms with E-state index in [9.17, 15) is 13.2 Å². The number of hydrogen-bond donors (Lipinski definition) is 3. The van der Waals surface area contributed by atoms with Gasteiger partial charge < -0.3 is 10.6 Å². The third-order valence-corrected chi connectivity index (χ3v) is 6.63. The highest BCUT2D eigenvalue weighted by atomic mass is 35.5. The second kappa shape index (κ2) is 10.2. The van der Waals surface area contributed by atoms with Crippen molar-refractivity contribution in [1.82, 2.24) is 15.4 Å². The molecule has 0 aliphatic carbocycles. The molecule has 25 heavy (non-hydrogen) atoms. The highest BCUT2D eigenvalue weighted by molar-refractivity contribution is 7.89. The molecule has 0 aliphatic rings. The van der Waals surface area contributed by atoms with Gasteiger partial charge in [-0.1, -0.05) is 13.0 Å². The summed E-state index contributed by atoms with van der Waals surface area (Å²) in [4.78, 5) is 13.4. The van der Waals surface area contributed by atoms with Gasteiger partial charge in [0.2, 0.25) is 10.0 Å². The Morgan fingerprint density at radius 2 is 2.00 bits per heavy atom. The molecule has 0 aromatic carbocycles. The number of amides is 1. The summed E-state index contributed by atoms with van der Waals surface area (Å²) >= 11 is 2.60. The Morgan fingerprint density at radius 1 is 1.24 bits per heavy atom. The van der Waals surface area contributed by atoms with Gasteiger partial charge in [0.15, 0.2) is 0 Å². The van der Waals surface area contributed by atoms with Crippen molar-refractivity contribution in [2.24, 2.45) is 0 Å². The van der Waals surface area contributed by atoms with Crippen LogP contribution in [0.5, 0.6) is 0 Å².